The van der Waals surface area contributed by atoms with Crippen molar-refractivity contribution in [3.63, 3.8) is 0 Å². The molecule has 16 heavy (non-hydrogen) atoms. The topological polar surface area (TPSA) is 55.0 Å². The van der Waals surface area contributed by atoms with Crippen molar-refractivity contribution in [2.24, 2.45) is 5.73 Å². The fourth-order valence-electron chi connectivity index (χ4n) is 2.21. The average molecular weight is 220 g/mol. The zero-order valence-electron chi connectivity index (χ0n) is 10.1. The van der Waals surface area contributed by atoms with Crippen molar-refractivity contribution in [1.29, 1.82) is 0 Å². The van der Waals surface area contributed by atoms with Gasteiger partial charge in [-0.1, -0.05) is 0 Å². The fraction of sp³-hybridized carbons (Fsp3) is 0.667. The molecule has 0 amide bonds. The van der Waals surface area contributed by atoms with Gasteiger partial charge >= 0.3 is 0 Å². The molecule has 0 radical (unpaired) electrons. The van der Waals surface area contributed by atoms with E-state index in [4.69, 9.17) is 5.73 Å². The van der Waals surface area contributed by atoms with Crippen LogP contribution in [-0.4, -0.2) is 34.0 Å². The molecule has 4 nitrogen and oxygen atoms in total. The first kappa shape index (κ1) is 11.5. The zero-order chi connectivity index (χ0) is 11.5. The summed E-state index contributed by atoms with van der Waals surface area (Å²) in [6.45, 7) is 7.07. The summed E-state index contributed by atoms with van der Waals surface area (Å²) in [7, 11) is 0. The molecule has 0 spiro atoms. The smallest absolute Gasteiger partial charge is 0.125 e. The Kier molecular flexibility index (Phi) is 3.51. The van der Waals surface area contributed by atoms with Gasteiger partial charge in [-0.2, -0.15) is 0 Å². The van der Waals surface area contributed by atoms with Crippen LogP contribution in [0.15, 0.2) is 6.07 Å². The van der Waals surface area contributed by atoms with Crippen LogP contribution in [0.4, 0.5) is 0 Å². The van der Waals surface area contributed by atoms with Gasteiger partial charge in [-0.25, -0.2) is 9.97 Å². The molecular weight excluding hydrogens is 200 g/mol. The van der Waals surface area contributed by atoms with E-state index in [1.54, 1.807) is 0 Å². The Morgan fingerprint density at radius 2 is 2.00 bits per heavy atom. The quantitative estimate of drug-likeness (QED) is 0.808. The van der Waals surface area contributed by atoms with Crippen LogP contribution in [0.2, 0.25) is 0 Å². The van der Waals surface area contributed by atoms with E-state index in [-0.39, 0.29) is 0 Å². The largest absolute Gasteiger partial charge is 0.328 e. The first-order chi connectivity index (χ1) is 7.63. The molecule has 1 aliphatic heterocycles. The van der Waals surface area contributed by atoms with Gasteiger partial charge in [-0.3, -0.25) is 4.90 Å². The number of aryl methyl sites for hydroxylation is 2. The summed E-state index contributed by atoms with van der Waals surface area (Å²) >= 11 is 0. The number of nitrogens with two attached hydrogens (primary N) is 1. The molecule has 1 aromatic rings. The van der Waals surface area contributed by atoms with Gasteiger partial charge in [-0.05, 0) is 32.8 Å². The highest BCUT2D eigenvalue weighted by Gasteiger charge is 2.16. The van der Waals surface area contributed by atoms with Crippen molar-refractivity contribution in [2.45, 2.75) is 39.3 Å². The summed E-state index contributed by atoms with van der Waals surface area (Å²) in [6.07, 6.45) is 2.20. The maximum atomic E-state index is 5.89. The molecule has 0 atom stereocenters. The number of likely N-dealkylation sites (tertiary alicyclic amines) is 1. The molecular formula is C12H20N4. The Morgan fingerprint density at radius 1 is 1.31 bits per heavy atom. The summed E-state index contributed by atoms with van der Waals surface area (Å²) < 4.78 is 0. The molecule has 0 bridgehead atoms. The molecule has 88 valence electrons. The maximum Gasteiger partial charge on any atom is 0.125 e. The third-order valence-electron chi connectivity index (χ3n) is 3.04. The highest BCUT2D eigenvalue weighted by molar-refractivity contribution is 5.09. The Hall–Kier alpha value is -1.00. The highest BCUT2D eigenvalue weighted by Crippen LogP contribution is 2.11. The lowest BCUT2D eigenvalue weighted by Crippen LogP contribution is -2.39. The van der Waals surface area contributed by atoms with E-state index in [1.165, 1.54) is 0 Å². The van der Waals surface area contributed by atoms with E-state index in [0.717, 1.165) is 49.7 Å². The predicted molar refractivity (Wildman–Crippen MR) is 64.0 cm³/mol. The van der Waals surface area contributed by atoms with Crippen molar-refractivity contribution in [3.8, 4) is 0 Å². The van der Waals surface area contributed by atoms with E-state index >= 15 is 0 Å². The van der Waals surface area contributed by atoms with E-state index in [2.05, 4.69) is 20.9 Å². The summed E-state index contributed by atoms with van der Waals surface area (Å²) in [5.74, 6) is 0.865. The second-order valence-corrected chi connectivity index (χ2v) is 4.66. The molecule has 1 aromatic heterocycles. The molecule has 0 saturated carbocycles. The van der Waals surface area contributed by atoms with Gasteiger partial charge in [0.1, 0.15) is 5.82 Å². The zero-order valence-corrected chi connectivity index (χ0v) is 10.1. The Labute approximate surface area is 96.9 Å². The molecule has 2 N–H and O–H groups in total. The Balaban J connectivity index is 1.98. The number of rotatable bonds is 2. The second-order valence-electron chi connectivity index (χ2n) is 4.66. The van der Waals surface area contributed by atoms with Crippen molar-refractivity contribution < 1.29 is 0 Å². The minimum atomic E-state index is 0.394. The van der Waals surface area contributed by atoms with Crippen LogP contribution in [0.5, 0.6) is 0 Å². The van der Waals surface area contributed by atoms with E-state index in [9.17, 15) is 0 Å². The molecule has 4 heteroatoms. The van der Waals surface area contributed by atoms with Crippen molar-refractivity contribution in [1.82, 2.24) is 14.9 Å². The van der Waals surface area contributed by atoms with E-state index < -0.39 is 0 Å². The highest BCUT2D eigenvalue weighted by atomic mass is 15.1. The molecule has 2 heterocycles. The van der Waals surface area contributed by atoms with Crippen molar-refractivity contribution >= 4 is 0 Å². The molecule has 1 aliphatic rings. The molecule has 0 aliphatic carbocycles. The number of aromatic nitrogens is 2. The monoisotopic (exact) mass is 220 g/mol. The van der Waals surface area contributed by atoms with E-state index in [0.29, 0.717) is 6.04 Å². The number of piperidine rings is 1. The van der Waals surface area contributed by atoms with Gasteiger partial charge in [-0.15, -0.1) is 0 Å². The van der Waals surface area contributed by atoms with Crippen LogP contribution in [0, 0.1) is 13.8 Å². The Bertz CT molecular complexity index is 336. The minimum absolute atomic E-state index is 0.394. The van der Waals surface area contributed by atoms with Gasteiger partial charge in [0.15, 0.2) is 0 Å². The summed E-state index contributed by atoms with van der Waals surface area (Å²) in [4.78, 5) is 11.2. The SMILES string of the molecule is Cc1cc(CN2CCC(N)CC2)nc(C)n1. The van der Waals surface area contributed by atoms with Gasteiger partial charge in [0.05, 0.1) is 5.69 Å². The maximum absolute atomic E-state index is 5.89. The van der Waals surface area contributed by atoms with Gasteiger partial charge in [0.25, 0.3) is 0 Å². The van der Waals surface area contributed by atoms with Crippen LogP contribution < -0.4 is 5.73 Å². The number of nitrogens with zero attached hydrogens (tertiary/aromatic N) is 3. The predicted octanol–water partition coefficient (Wildman–Crippen LogP) is 1.02. The number of hydrogen-bond acceptors (Lipinski definition) is 4. The van der Waals surface area contributed by atoms with E-state index in [1.807, 2.05) is 13.8 Å². The van der Waals surface area contributed by atoms with Crippen LogP contribution in [0.25, 0.3) is 0 Å². The van der Waals surface area contributed by atoms with Gasteiger partial charge in [0, 0.05) is 31.4 Å². The molecule has 1 fully saturated rings. The fourth-order valence-corrected chi connectivity index (χ4v) is 2.21. The van der Waals surface area contributed by atoms with Gasteiger partial charge < -0.3 is 5.73 Å². The lowest BCUT2D eigenvalue weighted by atomic mass is 10.1. The Morgan fingerprint density at radius 3 is 2.62 bits per heavy atom. The standard InChI is InChI=1S/C12H20N4/c1-9-7-12(15-10(2)14-9)8-16-5-3-11(13)4-6-16/h7,11H,3-6,8,13H2,1-2H3. The summed E-state index contributed by atoms with van der Waals surface area (Å²) in [5, 5.41) is 0. The minimum Gasteiger partial charge on any atom is -0.328 e. The third kappa shape index (κ3) is 3.00. The lowest BCUT2D eigenvalue weighted by molar-refractivity contribution is 0.203. The molecule has 0 unspecified atom stereocenters. The lowest BCUT2D eigenvalue weighted by Gasteiger charge is -2.29. The first-order valence-corrected chi connectivity index (χ1v) is 5.92. The van der Waals surface area contributed by atoms with Crippen LogP contribution in [0.3, 0.4) is 0 Å². The molecule has 1 saturated heterocycles. The van der Waals surface area contributed by atoms with Crippen LogP contribution >= 0.6 is 0 Å². The van der Waals surface area contributed by atoms with Crippen molar-refractivity contribution in [2.75, 3.05) is 13.1 Å². The van der Waals surface area contributed by atoms with Crippen LogP contribution in [-0.2, 0) is 6.54 Å². The molecule has 2 rings (SSSR count). The van der Waals surface area contributed by atoms with Crippen LogP contribution in [0.1, 0.15) is 30.1 Å². The second kappa shape index (κ2) is 4.89. The normalized spacial score (nSPS) is 18.9. The first-order valence-electron chi connectivity index (χ1n) is 5.92. The van der Waals surface area contributed by atoms with Crippen molar-refractivity contribution in [3.05, 3.63) is 23.3 Å². The number of hydrogen-bond donors (Lipinski definition) is 1. The van der Waals surface area contributed by atoms with Gasteiger partial charge in [0.2, 0.25) is 0 Å². The molecule has 0 aromatic carbocycles. The third-order valence-corrected chi connectivity index (χ3v) is 3.04. The summed E-state index contributed by atoms with van der Waals surface area (Å²) in [6, 6.07) is 2.46. The average Bonchev–Trinajstić information content (AvgIpc) is 2.20. The summed E-state index contributed by atoms with van der Waals surface area (Å²) in [5.41, 5.74) is 8.06.